The number of nitrogens with zero attached hydrogens (tertiary/aromatic N) is 1. The van der Waals surface area contributed by atoms with Crippen LogP contribution in [0.4, 0.5) is 0 Å². The van der Waals surface area contributed by atoms with Gasteiger partial charge in [-0.1, -0.05) is 31.0 Å². The molecule has 1 fully saturated rings. The van der Waals surface area contributed by atoms with Crippen LogP contribution >= 0.6 is 0 Å². The fourth-order valence-corrected chi connectivity index (χ4v) is 3.30. The predicted octanol–water partition coefficient (Wildman–Crippen LogP) is 3.87. The Morgan fingerprint density at radius 3 is 2.84 bits per heavy atom. The zero-order valence-corrected chi connectivity index (χ0v) is 11.9. The normalized spacial score (nSPS) is 16.5. The number of rotatable bonds is 5. The van der Waals surface area contributed by atoms with Crippen LogP contribution in [0.2, 0.25) is 0 Å². The summed E-state index contributed by atoms with van der Waals surface area (Å²) in [6.45, 7) is 4.47. The third kappa shape index (κ3) is 2.84. The molecule has 2 nitrogen and oxygen atoms in total. The maximum absolute atomic E-state index is 3.69. The molecular weight excluding hydrogens is 232 g/mol. The summed E-state index contributed by atoms with van der Waals surface area (Å²) in [6.07, 6.45) is 9.10. The van der Waals surface area contributed by atoms with Gasteiger partial charge in [0.05, 0.1) is 0 Å². The van der Waals surface area contributed by atoms with Crippen LogP contribution in [0.3, 0.4) is 0 Å². The Morgan fingerprint density at radius 1 is 1.21 bits per heavy atom. The van der Waals surface area contributed by atoms with Gasteiger partial charge in [0.15, 0.2) is 0 Å². The van der Waals surface area contributed by atoms with Crippen LogP contribution in [0.15, 0.2) is 30.5 Å². The summed E-state index contributed by atoms with van der Waals surface area (Å²) in [5.41, 5.74) is 2.76. The van der Waals surface area contributed by atoms with Crippen molar-refractivity contribution in [3.8, 4) is 0 Å². The lowest BCUT2D eigenvalue weighted by molar-refractivity contribution is 0.498. The second-order valence-corrected chi connectivity index (χ2v) is 5.81. The molecule has 1 aliphatic rings. The van der Waals surface area contributed by atoms with Crippen LogP contribution in [-0.2, 0) is 6.54 Å². The first kappa shape index (κ1) is 12.7. The molecule has 1 heterocycles. The van der Waals surface area contributed by atoms with Crippen molar-refractivity contribution in [2.45, 2.75) is 51.6 Å². The van der Waals surface area contributed by atoms with Crippen molar-refractivity contribution < 1.29 is 0 Å². The number of para-hydroxylation sites is 1. The van der Waals surface area contributed by atoms with Crippen molar-refractivity contribution in [1.82, 2.24) is 9.88 Å². The van der Waals surface area contributed by atoms with Gasteiger partial charge in [-0.15, -0.1) is 0 Å². The van der Waals surface area contributed by atoms with E-state index in [1.165, 1.54) is 48.6 Å². The Balaban J connectivity index is 1.56. The van der Waals surface area contributed by atoms with Gasteiger partial charge in [0, 0.05) is 29.7 Å². The van der Waals surface area contributed by atoms with E-state index in [1.807, 2.05) is 0 Å². The molecule has 2 heteroatoms. The Labute approximate surface area is 115 Å². The van der Waals surface area contributed by atoms with Crippen LogP contribution in [-0.4, -0.2) is 17.2 Å². The maximum atomic E-state index is 3.69. The van der Waals surface area contributed by atoms with Crippen molar-refractivity contribution >= 4 is 10.9 Å². The molecule has 1 saturated carbocycles. The van der Waals surface area contributed by atoms with Crippen LogP contribution in [0.1, 0.15) is 37.7 Å². The molecule has 0 aliphatic heterocycles. The van der Waals surface area contributed by atoms with Gasteiger partial charge in [0.25, 0.3) is 0 Å². The fraction of sp³-hybridized carbons (Fsp3) is 0.529. The van der Waals surface area contributed by atoms with Gasteiger partial charge in [-0.05, 0) is 44.4 Å². The highest BCUT2D eigenvalue weighted by atomic mass is 15.0. The van der Waals surface area contributed by atoms with Gasteiger partial charge in [-0.3, -0.25) is 0 Å². The monoisotopic (exact) mass is 256 g/mol. The molecule has 1 aromatic carbocycles. The first-order valence-electron chi connectivity index (χ1n) is 7.62. The number of hydrogen-bond donors (Lipinski definition) is 1. The maximum Gasteiger partial charge on any atom is 0.0483 e. The zero-order chi connectivity index (χ0) is 13.1. The van der Waals surface area contributed by atoms with E-state index in [9.17, 15) is 0 Å². The van der Waals surface area contributed by atoms with Crippen molar-refractivity contribution in [3.63, 3.8) is 0 Å². The average Bonchev–Trinajstić information content (AvgIpc) is 3.04. The minimum Gasteiger partial charge on any atom is -0.347 e. The standard InChI is InChI=1S/C17H24N2/c1-14-13-19(17-10-5-4-9-16(14)17)12-6-11-18-15-7-2-3-8-15/h4-5,9-10,13,15,18H,2-3,6-8,11-12H2,1H3. The van der Waals surface area contributed by atoms with E-state index in [0.717, 1.165) is 19.1 Å². The lowest BCUT2D eigenvalue weighted by Gasteiger charge is -2.12. The summed E-state index contributed by atoms with van der Waals surface area (Å²) < 4.78 is 2.40. The second kappa shape index (κ2) is 5.79. The quantitative estimate of drug-likeness (QED) is 0.804. The number of aromatic nitrogens is 1. The largest absolute Gasteiger partial charge is 0.347 e. The van der Waals surface area contributed by atoms with Crippen LogP contribution in [0.25, 0.3) is 10.9 Å². The highest BCUT2D eigenvalue weighted by molar-refractivity contribution is 5.83. The van der Waals surface area contributed by atoms with Crippen molar-refractivity contribution in [3.05, 3.63) is 36.0 Å². The van der Waals surface area contributed by atoms with Crippen LogP contribution in [0.5, 0.6) is 0 Å². The lowest BCUT2D eigenvalue weighted by Crippen LogP contribution is -2.27. The molecule has 0 spiro atoms. The minimum absolute atomic E-state index is 0.795. The molecule has 0 bridgehead atoms. The van der Waals surface area contributed by atoms with E-state index in [0.29, 0.717) is 0 Å². The van der Waals surface area contributed by atoms with E-state index >= 15 is 0 Å². The molecule has 1 aliphatic carbocycles. The minimum atomic E-state index is 0.795. The van der Waals surface area contributed by atoms with Crippen molar-refractivity contribution in [2.75, 3.05) is 6.54 Å². The molecule has 3 rings (SSSR count). The summed E-state index contributed by atoms with van der Waals surface area (Å²) in [5, 5.41) is 5.09. The molecule has 0 unspecified atom stereocenters. The topological polar surface area (TPSA) is 17.0 Å². The molecule has 0 saturated heterocycles. The van der Waals surface area contributed by atoms with E-state index in [-0.39, 0.29) is 0 Å². The number of hydrogen-bond acceptors (Lipinski definition) is 1. The third-order valence-electron chi connectivity index (χ3n) is 4.35. The number of benzene rings is 1. The van der Waals surface area contributed by atoms with E-state index in [2.05, 4.69) is 47.3 Å². The van der Waals surface area contributed by atoms with Gasteiger partial charge in [0.2, 0.25) is 0 Å². The van der Waals surface area contributed by atoms with Crippen LogP contribution < -0.4 is 5.32 Å². The Morgan fingerprint density at radius 2 is 2.00 bits per heavy atom. The molecule has 0 atom stereocenters. The van der Waals surface area contributed by atoms with Crippen LogP contribution in [0, 0.1) is 6.92 Å². The van der Waals surface area contributed by atoms with Gasteiger partial charge >= 0.3 is 0 Å². The number of aryl methyl sites for hydroxylation is 2. The highest BCUT2D eigenvalue weighted by Crippen LogP contribution is 2.21. The van der Waals surface area contributed by atoms with E-state index in [4.69, 9.17) is 0 Å². The molecule has 102 valence electrons. The highest BCUT2D eigenvalue weighted by Gasteiger charge is 2.13. The molecule has 19 heavy (non-hydrogen) atoms. The molecule has 0 amide bonds. The van der Waals surface area contributed by atoms with Crippen molar-refractivity contribution in [1.29, 1.82) is 0 Å². The average molecular weight is 256 g/mol. The summed E-state index contributed by atoms with van der Waals surface area (Å²) in [5.74, 6) is 0. The molecule has 1 N–H and O–H groups in total. The van der Waals surface area contributed by atoms with Gasteiger partial charge in [-0.25, -0.2) is 0 Å². The third-order valence-corrected chi connectivity index (χ3v) is 4.35. The first-order chi connectivity index (χ1) is 9.34. The number of fused-ring (bicyclic) bond motifs is 1. The summed E-state index contributed by atoms with van der Waals surface area (Å²) in [6, 6.07) is 9.50. The molecular formula is C17H24N2. The van der Waals surface area contributed by atoms with E-state index < -0.39 is 0 Å². The Kier molecular flexibility index (Phi) is 3.88. The summed E-state index contributed by atoms with van der Waals surface area (Å²) in [7, 11) is 0. The molecule has 2 aromatic rings. The zero-order valence-electron chi connectivity index (χ0n) is 11.9. The lowest BCUT2D eigenvalue weighted by atomic mass is 10.2. The van der Waals surface area contributed by atoms with Gasteiger partial charge < -0.3 is 9.88 Å². The Bertz CT molecular complexity index is 535. The molecule has 1 aromatic heterocycles. The predicted molar refractivity (Wildman–Crippen MR) is 81.6 cm³/mol. The van der Waals surface area contributed by atoms with E-state index in [1.54, 1.807) is 0 Å². The van der Waals surface area contributed by atoms with Gasteiger partial charge in [0.1, 0.15) is 0 Å². The summed E-state index contributed by atoms with van der Waals surface area (Å²) >= 11 is 0. The summed E-state index contributed by atoms with van der Waals surface area (Å²) in [4.78, 5) is 0. The first-order valence-corrected chi connectivity index (χ1v) is 7.62. The Hall–Kier alpha value is -1.28. The smallest absolute Gasteiger partial charge is 0.0483 e. The second-order valence-electron chi connectivity index (χ2n) is 5.81. The van der Waals surface area contributed by atoms with Gasteiger partial charge in [-0.2, -0.15) is 0 Å². The fourth-order valence-electron chi connectivity index (χ4n) is 3.30. The SMILES string of the molecule is Cc1cn(CCCNC2CCCC2)c2ccccc12. The number of nitrogens with one attached hydrogen (secondary N) is 1. The van der Waals surface area contributed by atoms with Crippen molar-refractivity contribution in [2.24, 2.45) is 0 Å². The molecule has 0 radical (unpaired) electrons.